The summed E-state index contributed by atoms with van der Waals surface area (Å²) in [5.41, 5.74) is 0. The van der Waals surface area contributed by atoms with Gasteiger partial charge in [-0.05, 0) is 44.3 Å². The molecule has 0 radical (unpaired) electrons. The number of ether oxygens (including phenoxy) is 1. The molecule has 0 fully saturated rings. The van der Waals surface area contributed by atoms with Crippen molar-refractivity contribution in [3.63, 3.8) is 0 Å². The van der Waals surface area contributed by atoms with Gasteiger partial charge in [0.15, 0.2) is 0 Å². The van der Waals surface area contributed by atoms with Crippen LogP contribution in [0.2, 0.25) is 0 Å². The second kappa shape index (κ2) is 12.6. The summed E-state index contributed by atoms with van der Waals surface area (Å²) in [4.78, 5) is 0. The van der Waals surface area contributed by atoms with Crippen LogP contribution >= 0.6 is 0 Å². The number of hydrogen-bond acceptors (Lipinski definition) is 1. The van der Waals surface area contributed by atoms with E-state index in [-0.39, 0.29) is 0 Å². The van der Waals surface area contributed by atoms with E-state index in [4.69, 9.17) is 4.74 Å². The Morgan fingerprint density at radius 1 is 0.941 bits per heavy atom. The first-order valence-electron chi connectivity index (χ1n) is 6.19. The lowest BCUT2D eigenvalue weighted by Gasteiger charge is -2.04. The molecule has 0 heterocycles. The molecule has 0 atom stereocenters. The minimum atomic E-state index is 0.716. The molecule has 1 heteroatoms. The molecular formula is C16H24O. The van der Waals surface area contributed by atoms with E-state index in [1.165, 1.54) is 0 Å². The van der Waals surface area contributed by atoms with E-state index in [1.807, 2.05) is 24.3 Å². The molecular weight excluding hydrogens is 208 g/mol. The van der Waals surface area contributed by atoms with Crippen molar-refractivity contribution < 1.29 is 4.74 Å². The molecule has 0 unspecified atom stereocenters. The Morgan fingerprint density at radius 3 is 2.29 bits per heavy atom. The SMILES string of the molecule is C=CCCC/C=C\C=C(/C=C)OCCCC=C. The average molecular weight is 232 g/mol. The van der Waals surface area contributed by atoms with Crippen LogP contribution in [0.15, 0.2) is 62.0 Å². The third-order valence-corrected chi connectivity index (χ3v) is 2.20. The summed E-state index contributed by atoms with van der Waals surface area (Å²) in [6, 6.07) is 0. The predicted octanol–water partition coefficient (Wildman–Crippen LogP) is 4.95. The van der Waals surface area contributed by atoms with Crippen LogP contribution in [0.5, 0.6) is 0 Å². The average Bonchev–Trinajstić information content (AvgIpc) is 2.36. The molecule has 0 aliphatic rings. The van der Waals surface area contributed by atoms with Gasteiger partial charge in [0.2, 0.25) is 0 Å². The lowest BCUT2D eigenvalue weighted by atomic mass is 10.2. The van der Waals surface area contributed by atoms with Crippen molar-refractivity contribution in [3.05, 3.63) is 62.0 Å². The van der Waals surface area contributed by atoms with E-state index in [1.54, 1.807) is 6.08 Å². The van der Waals surface area contributed by atoms with E-state index in [0.29, 0.717) is 6.61 Å². The summed E-state index contributed by atoms with van der Waals surface area (Å²) in [5.74, 6) is 0.828. The maximum atomic E-state index is 5.55. The van der Waals surface area contributed by atoms with E-state index in [0.717, 1.165) is 37.9 Å². The van der Waals surface area contributed by atoms with Crippen molar-refractivity contribution in [2.75, 3.05) is 6.61 Å². The van der Waals surface area contributed by atoms with Crippen LogP contribution in [0.4, 0.5) is 0 Å². The van der Waals surface area contributed by atoms with Gasteiger partial charge in [-0.25, -0.2) is 0 Å². The molecule has 0 saturated carbocycles. The fourth-order valence-corrected chi connectivity index (χ4v) is 1.23. The summed E-state index contributed by atoms with van der Waals surface area (Å²) >= 11 is 0. The van der Waals surface area contributed by atoms with Gasteiger partial charge in [0.1, 0.15) is 5.76 Å². The smallest absolute Gasteiger partial charge is 0.118 e. The summed E-state index contributed by atoms with van der Waals surface area (Å²) in [7, 11) is 0. The highest BCUT2D eigenvalue weighted by Crippen LogP contribution is 2.03. The topological polar surface area (TPSA) is 9.23 Å². The molecule has 17 heavy (non-hydrogen) atoms. The van der Waals surface area contributed by atoms with Gasteiger partial charge in [0.05, 0.1) is 6.61 Å². The largest absolute Gasteiger partial charge is 0.494 e. The van der Waals surface area contributed by atoms with Gasteiger partial charge in [-0.1, -0.05) is 30.9 Å². The van der Waals surface area contributed by atoms with E-state index in [9.17, 15) is 0 Å². The quantitative estimate of drug-likeness (QED) is 0.212. The molecule has 0 aromatic carbocycles. The van der Waals surface area contributed by atoms with Crippen LogP contribution in [-0.4, -0.2) is 6.61 Å². The van der Waals surface area contributed by atoms with Crippen molar-refractivity contribution in [2.24, 2.45) is 0 Å². The Labute approximate surface area is 106 Å². The lowest BCUT2D eigenvalue weighted by molar-refractivity contribution is 0.221. The zero-order valence-electron chi connectivity index (χ0n) is 10.7. The Morgan fingerprint density at radius 2 is 1.65 bits per heavy atom. The van der Waals surface area contributed by atoms with Gasteiger partial charge >= 0.3 is 0 Å². The molecule has 1 nitrogen and oxygen atoms in total. The predicted molar refractivity (Wildman–Crippen MR) is 76.9 cm³/mol. The third kappa shape index (κ3) is 10.8. The summed E-state index contributed by atoms with van der Waals surface area (Å²) in [6.07, 6.45) is 17.0. The van der Waals surface area contributed by atoms with E-state index >= 15 is 0 Å². The van der Waals surface area contributed by atoms with Crippen molar-refractivity contribution in [3.8, 4) is 0 Å². The molecule has 94 valence electrons. The fourth-order valence-electron chi connectivity index (χ4n) is 1.23. The molecule has 0 aliphatic heterocycles. The standard InChI is InChI=1S/C16H24O/c1-4-7-9-10-11-12-14-16(6-3)17-15-13-8-5-2/h4-6,11-12,14H,1-3,7-10,13,15H2/b12-11-,16-14+. The Hall–Kier alpha value is -1.50. The molecule has 0 bridgehead atoms. The third-order valence-electron chi connectivity index (χ3n) is 2.20. The molecule has 0 saturated heterocycles. The van der Waals surface area contributed by atoms with Crippen LogP contribution in [0.3, 0.4) is 0 Å². The van der Waals surface area contributed by atoms with Crippen molar-refractivity contribution >= 4 is 0 Å². The first kappa shape index (κ1) is 15.5. The second-order valence-electron chi connectivity index (χ2n) is 3.70. The molecule has 0 aromatic rings. The highest BCUT2D eigenvalue weighted by molar-refractivity contribution is 5.16. The highest BCUT2D eigenvalue weighted by atomic mass is 16.5. The second-order valence-corrected chi connectivity index (χ2v) is 3.70. The lowest BCUT2D eigenvalue weighted by Crippen LogP contribution is -1.91. The number of allylic oxidation sites excluding steroid dienone is 6. The zero-order valence-corrected chi connectivity index (χ0v) is 10.7. The summed E-state index contributed by atoms with van der Waals surface area (Å²) < 4.78 is 5.55. The van der Waals surface area contributed by atoms with E-state index in [2.05, 4.69) is 25.8 Å². The molecule has 0 rings (SSSR count). The minimum Gasteiger partial charge on any atom is -0.494 e. The molecule has 0 aromatic heterocycles. The summed E-state index contributed by atoms with van der Waals surface area (Å²) in [5, 5.41) is 0. The number of hydrogen-bond donors (Lipinski definition) is 0. The molecule has 0 N–H and O–H groups in total. The van der Waals surface area contributed by atoms with Crippen LogP contribution in [0.25, 0.3) is 0 Å². The van der Waals surface area contributed by atoms with Crippen molar-refractivity contribution in [1.29, 1.82) is 0 Å². The Balaban J connectivity index is 3.78. The van der Waals surface area contributed by atoms with Gasteiger partial charge in [-0.2, -0.15) is 0 Å². The van der Waals surface area contributed by atoms with Gasteiger partial charge < -0.3 is 4.74 Å². The first-order valence-corrected chi connectivity index (χ1v) is 6.19. The highest BCUT2D eigenvalue weighted by Gasteiger charge is 1.90. The van der Waals surface area contributed by atoms with Gasteiger partial charge in [-0.3, -0.25) is 0 Å². The van der Waals surface area contributed by atoms with E-state index < -0.39 is 0 Å². The van der Waals surface area contributed by atoms with Crippen molar-refractivity contribution in [1.82, 2.24) is 0 Å². The van der Waals surface area contributed by atoms with Gasteiger partial charge in [0.25, 0.3) is 0 Å². The van der Waals surface area contributed by atoms with Crippen LogP contribution < -0.4 is 0 Å². The van der Waals surface area contributed by atoms with Crippen LogP contribution in [0.1, 0.15) is 32.1 Å². The maximum absolute atomic E-state index is 5.55. The minimum absolute atomic E-state index is 0.716. The van der Waals surface area contributed by atoms with Crippen LogP contribution in [0, 0.1) is 0 Å². The van der Waals surface area contributed by atoms with Crippen LogP contribution in [-0.2, 0) is 4.74 Å². The first-order chi connectivity index (χ1) is 8.35. The summed E-state index contributed by atoms with van der Waals surface area (Å²) in [6.45, 7) is 11.8. The zero-order chi connectivity index (χ0) is 12.8. The van der Waals surface area contributed by atoms with Gasteiger partial charge in [-0.15, -0.1) is 13.2 Å². The Kier molecular flexibility index (Phi) is 11.5. The van der Waals surface area contributed by atoms with Gasteiger partial charge in [0, 0.05) is 0 Å². The molecule has 0 aliphatic carbocycles. The maximum Gasteiger partial charge on any atom is 0.118 e. The monoisotopic (exact) mass is 232 g/mol. The molecule has 0 spiro atoms. The normalized spacial score (nSPS) is 11.4. The molecule has 0 amide bonds. The Bertz CT molecular complexity index is 271. The van der Waals surface area contributed by atoms with Crippen molar-refractivity contribution in [2.45, 2.75) is 32.1 Å². The number of rotatable bonds is 11. The fraction of sp³-hybridized carbons (Fsp3) is 0.375. The number of unbranched alkanes of at least 4 members (excludes halogenated alkanes) is 3.